The lowest BCUT2D eigenvalue weighted by atomic mass is 10.0. The van der Waals surface area contributed by atoms with Crippen molar-refractivity contribution in [2.75, 3.05) is 29.9 Å². The first-order chi connectivity index (χ1) is 15.8. The monoisotopic (exact) mass is 462 g/mol. The Kier molecular flexibility index (Phi) is 7.99. The lowest BCUT2D eigenvalue weighted by molar-refractivity contribution is -0.107. The molecule has 1 fully saturated rings. The summed E-state index contributed by atoms with van der Waals surface area (Å²) in [4.78, 5) is 19.5. The number of nitrogens with zero attached hydrogens (tertiary/aromatic N) is 3. The number of carbonyl (C=O) groups is 1. The van der Waals surface area contributed by atoms with Crippen molar-refractivity contribution in [3.05, 3.63) is 53.6 Å². The van der Waals surface area contributed by atoms with Crippen LogP contribution in [0.4, 0.5) is 24.5 Å². The number of hydrogen-bond acceptors (Lipinski definition) is 7. The minimum atomic E-state index is -3.12. The molecular weight excluding hydrogens is 437 g/mol. The van der Waals surface area contributed by atoms with Gasteiger partial charge in [-0.1, -0.05) is 0 Å². The van der Waals surface area contributed by atoms with Gasteiger partial charge in [-0.15, -0.1) is 0 Å². The van der Waals surface area contributed by atoms with Gasteiger partial charge in [0, 0.05) is 19.3 Å². The van der Waals surface area contributed by atoms with Crippen molar-refractivity contribution in [1.82, 2.24) is 10.3 Å². The number of benzene rings is 1. The van der Waals surface area contributed by atoms with Crippen LogP contribution in [-0.2, 0) is 16.1 Å². The topological polar surface area (TPSA) is 105 Å². The SMILES string of the molecule is CN(c1ccc(F)cc1N(C=O)Cc1ccc(C(=N)OC(=N)C(F)F)cn1)C1CCNCC1. The van der Waals surface area contributed by atoms with Crippen LogP contribution in [-0.4, -0.2) is 55.8 Å². The summed E-state index contributed by atoms with van der Waals surface area (Å²) >= 11 is 0. The van der Waals surface area contributed by atoms with Gasteiger partial charge in [-0.05, 0) is 56.3 Å². The molecule has 1 saturated heterocycles. The molecule has 33 heavy (non-hydrogen) atoms. The third-order valence-electron chi connectivity index (χ3n) is 5.44. The Morgan fingerprint density at radius 1 is 1.24 bits per heavy atom. The van der Waals surface area contributed by atoms with E-state index in [1.807, 2.05) is 7.05 Å². The maximum atomic E-state index is 14.1. The molecule has 0 bridgehead atoms. The van der Waals surface area contributed by atoms with Crippen LogP contribution in [0, 0.1) is 16.6 Å². The normalized spacial score (nSPS) is 14.1. The largest absolute Gasteiger partial charge is 0.419 e. The van der Waals surface area contributed by atoms with E-state index in [9.17, 15) is 18.0 Å². The molecule has 0 saturated carbocycles. The second kappa shape index (κ2) is 10.9. The number of anilines is 2. The van der Waals surface area contributed by atoms with Gasteiger partial charge in [0.2, 0.25) is 12.3 Å². The summed E-state index contributed by atoms with van der Waals surface area (Å²) in [5.41, 5.74) is 1.65. The van der Waals surface area contributed by atoms with Gasteiger partial charge in [-0.3, -0.25) is 20.6 Å². The number of pyridine rings is 1. The predicted molar refractivity (Wildman–Crippen MR) is 119 cm³/mol. The molecule has 8 nitrogen and oxygen atoms in total. The summed E-state index contributed by atoms with van der Waals surface area (Å²) < 4.78 is 43.4. The average molecular weight is 462 g/mol. The number of nitrogens with one attached hydrogen (secondary N) is 3. The summed E-state index contributed by atoms with van der Waals surface area (Å²) in [7, 11) is 1.92. The first kappa shape index (κ1) is 24.2. The third kappa shape index (κ3) is 6.07. The minimum absolute atomic E-state index is 0.0291. The maximum absolute atomic E-state index is 14.1. The number of halogens is 3. The van der Waals surface area contributed by atoms with Gasteiger partial charge < -0.3 is 19.9 Å². The van der Waals surface area contributed by atoms with E-state index in [0.29, 0.717) is 23.5 Å². The Labute approximate surface area is 189 Å². The number of alkyl halides is 2. The molecule has 0 aliphatic carbocycles. The molecule has 0 atom stereocenters. The van der Waals surface area contributed by atoms with Crippen LogP contribution < -0.4 is 15.1 Å². The maximum Gasteiger partial charge on any atom is 0.312 e. The Morgan fingerprint density at radius 2 is 1.97 bits per heavy atom. The van der Waals surface area contributed by atoms with Crippen molar-refractivity contribution in [3.8, 4) is 0 Å². The average Bonchev–Trinajstić information content (AvgIpc) is 2.82. The zero-order valence-electron chi connectivity index (χ0n) is 18.0. The molecule has 0 spiro atoms. The predicted octanol–water partition coefficient (Wildman–Crippen LogP) is 3.16. The van der Waals surface area contributed by atoms with Gasteiger partial charge >= 0.3 is 6.43 Å². The van der Waals surface area contributed by atoms with E-state index >= 15 is 0 Å². The molecule has 3 N–H and O–H groups in total. The van der Waals surface area contributed by atoms with Gasteiger partial charge in [-0.25, -0.2) is 4.39 Å². The summed E-state index contributed by atoms with van der Waals surface area (Å²) in [5.74, 6) is -2.44. The lowest BCUT2D eigenvalue weighted by Gasteiger charge is -2.35. The molecule has 1 amide bonds. The van der Waals surface area contributed by atoms with Crippen molar-refractivity contribution < 1.29 is 22.7 Å². The number of piperidine rings is 1. The van der Waals surface area contributed by atoms with E-state index in [4.69, 9.17) is 10.8 Å². The number of aromatic nitrogens is 1. The molecule has 1 aliphatic heterocycles. The second-order valence-electron chi connectivity index (χ2n) is 7.59. The molecule has 11 heteroatoms. The van der Waals surface area contributed by atoms with Crippen molar-refractivity contribution >= 4 is 29.6 Å². The van der Waals surface area contributed by atoms with E-state index in [2.05, 4.69) is 19.9 Å². The number of ether oxygens (including phenoxy) is 1. The van der Waals surface area contributed by atoms with Crippen LogP contribution >= 0.6 is 0 Å². The molecule has 1 aromatic carbocycles. The molecule has 1 aliphatic rings. The van der Waals surface area contributed by atoms with Crippen molar-refractivity contribution in [1.29, 1.82) is 10.8 Å². The van der Waals surface area contributed by atoms with E-state index in [1.54, 1.807) is 6.07 Å². The molecule has 176 valence electrons. The van der Waals surface area contributed by atoms with E-state index in [-0.39, 0.29) is 18.2 Å². The van der Waals surface area contributed by atoms with Crippen LogP contribution in [0.2, 0.25) is 0 Å². The van der Waals surface area contributed by atoms with Gasteiger partial charge in [0.15, 0.2) is 0 Å². The van der Waals surface area contributed by atoms with Crippen molar-refractivity contribution in [2.24, 2.45) is 0 Å². The van der Waals surface area contributed by atoms with Crippen molar-refractivity contribution in [2.45, 2.75) is 31.9 Å². The van der Waals surface area contributed by atoms with E-state index in [1.165, 1.54) is 35.4 Å². The van der Waals surface area contributed by atoms with E-state index < -0.39 is 24.0 Å². The summed E-state index contributed by atoms with van der Waals surface area (Å²) in [6, 6.07) is 7.48. The lowest BCUT2D eigenvalue weighted by Crippen LogP contribution is -2.41. The molecule has 3 rings (SSSR count). The smallest absolute Gasteiger partial charge is 0.312 e. The molecule has 2 heterocycles. The molecule has 0 radical (unpaired) electrons. The molecule has 1 aromatic heterocycles. The Bertz CT molecular complexity index is 996. The summed E-state index contributed by atoms with van der Waals surface area (Å²) in [5, 5.41) is 18.0. The Balaban J connectivity index is 1.78. The highest BCUT2D eigenvalue weighted by Gasteiger charge is 2.23. The fourth-order valence-corrected chi connectivity index (χ4v) is 3.64. The van der Waals surface area contributed by atoms with Gasteiger partial charge in [0.25, 0.3) is 5.90 Å². The van der Waals surface area contributed by atoms with Crippen LogP contribution in [0.25, 0.3) is 0 Å². The minimum Gasteiger partial charge on any atom is -0.419 e. The van der Waals surface area contributed by atoms with E-state index in [0.717, 1.165) is 25.9 Å². The number of rotatable bonds is 8. The Hall–Kier alpha value is -3.47. The molecule has 0 unspecified atom stereocenters. The highest BCUT2D eigenvalue weighted by Crippen LogP contribution is 2.32. The second-order valence-corrected chi connectivity index (χ2v) is 7.59. The quantitative estimate of drug-likeness (QED) is 0.318. The van der Waals surface area contributed by atoms with Crippen LogP contribution in [0.15, 0.2) is 36.5 Å². The van der Waals surface area contributed by atoms with Crippen LogP contribution in [0.3, 0.4) is 0 Å². The zero-order valence-corrected chi connectivity index (χ0v) is 18.0. The molecule has 2 aromatic rings. The van der Waals surface area contributed by atoms with Gasteiger partial charge in [0.05, 0.1) is 29.2 Å². The number of amides is 1. The summed E-state index contributed by atoms with van der Waals surface area (Å²) in [6.45, 7) is 1.80. The fourth-order valence-electron chi connectivity index (χ4n) is 3.64. The fraction of sp³-hybridized carbons (Fsp3) is 0.364. The zero-order chi connectivity index (χ0) is 24.0. The highest BCUT2D eigenvalue weighted by molar-refractivity contribution is 5.99. The van der Waals surface area contributed by atoms with Gasteiger partial charge in [-0.2, -0.15) is 8.78 Å². The van der Waals surface area contributed by atoms with Crippen LogP contribution in [0.5, 0.6) is 0 Å². The third-order valence-corrected chi connectivity index (χ3v) is 5.44. The van der Waals surface area contributed by atoms with Crippen LogP contribution in [0.1, 0.15) is 24.1 Å². The molecular formula is C22H25F3N6O2. The first-order valence-electron chi connectivity index (χ1n) is 10.3. The summed E-state index contributed by atoms with van der Waals surface area (Å²) in [6.07, 6.45) is 0.553. The first-order valence-corrected chi connectivity index (χ1v) is 10.3. The standard InChI is InChI=1S/C22H25F3N6O2/c1-30(17-6-8-28-9-7-17)18-5-3-15(23)10-19(18)31(13-32)12-16-4-2-14(11-29-16)21(26)33-22(27)20(24)25/h2-5,10-11,13,17,20,26-28H,6-9,12H2,1H3. The number of carbonyl (C=O) groups excluding carboxylic acids is 1. The number of hydrogen-bond donors (Lipinski definition) is 3. The van der Waals surface area contributed by atoms with Crippen molar-refractivity contribution in [3.63, 3.8) is 0 Å². The highest BCUT2D eigenvalue weighted by atomic mass is 19.3. The van der Waals surface area contributed by atoms with Gasteiger partial charge in [0.1, 0.15) is 5.82 Å². The Morgan fingerprint density at radius 3 is 2.58 bits per heavy atom.